The van der Waals surface area contributed by atoms with Gasteiger partial charge >= 0.3 is 0 Å². The number of carbonyl (C=O) groups excluding carboxylic acids is 1. The number of aryl methyl sites for hydroxylation is 2. The first-order valence-electron chi connectivity index (χ1n) is 6.82. The Kier molecular flexibility index (Phi) is 3.96. The van der Waals surface area contributed by atoms with E-state index in [4.69, 9.17) is 11.6 Å². The molecule has 0 saturated heterocycles. The fourth-order valence-electron chi connectivity index (χ4n) is 2.74. The molecule has 1 aliphatic rings. The van der Waals surface area contributed by atoms with Crippen LogP contribution in [-0.4, -0.2) is 11.7 Å². The lowest BCUT2D eigenvalue weighted by Gasteiger charge is -2.18. The van der Waals surface area contributed by atoms with E-state index in [9.17, 15) is 4.79 Å². The van der Waals surface area contributed by atoms with E-state index in [0.717, 1.165) is 11.3 Å². The van der Waals surface area contributed by atoms with Crippen molar-refractivity contribution in [3.05, 3.63) is 63.7 Å². The maximum Gasteiger partial charge on any atom is 0.234 e. The highest BCUT2D eigenvalue weighted by Gasteiger charge is 2.24. The van der Waals surface area contributed by atoms with Gasteiger partial charge < -0.3 is 5.32 Å². The van der Waals surface area contributed by atoms with Crippen molar-refractivity contribution < 1.29 is 4.79 Å². The summed E-state index contributed by atoms with van der Waals surface area (Å²) < 4.78 is 0. The molecule has 21 heavy (non-hydrogen) atoms. The van der Waals surface area contributed by atoms with Crippen molar-refractivity contribution in [1.29, 1.82) is 0 Å². The summed E-state index contributed by atoms with van der Waals surface area (Å²) in [5.74, 6) is 0.486. The Morgan fingerprint density at radius 1 is 1.14 bits per heavy atom. The number of carbonyl (C=O) groups is 1. The second-order valence-electron chi connectivity index (χ2n) is 5.39. The molecule has 1 aliphatic heterocycles. The van der Waals surface area contributed by atoms with Crippen molar-refractivity contribution in [2.45, 2.75) is 19.1 Å². The number of nitrogens with one attached hydrogen (secondary N) is 1. The van der Waals surface area contributed by atoms with Gasteiger partial charge in [0.1, 0.15) is 0 Å². The summed E-state index contributed by atoms with van der Waals surface area (Å²) >= 11 is 7.80. The minimum absolute atomic E-state index is 0.0375. The van der Waals surface area contributed by atoms with Crippen molar-refractivity contribution in [3.8, 4) is 0 Å². The Morgan fingerprint density at radius 3 is 2.57 bits per heavy atom. The molecule has 4 heteroatoms. The topological polar surface area (TPSA) is 29.1 Å². The number of amides is 1. The van der Waals surface area contributed by atoms with Crippen LogP contribution < -0.4 is 5.32 Å². The van der Waals surface area contributed by atoms with Crippen molar-refractivity contribution in [2.24, 2.45) is 0 Å². The summed E-state index contributed by atoms with van der Waals surface area (Å²) in [5.41, 5.74) is 5.62. The predicted molar refractivity (Wildman–Crippen MR) is 90.3 cm³/mol. The van der Waals surface area contributed by atoms with Gasteiger partial charge in [-0.05, 0) is 43.2 Å². The van der Waals surface area contributed by atoms with E-state index in [1.807, 2.05) is 18.2 Å². The van der Waals surface area contributed by atoms with Gasteiger partial charge in [0.15, 0.2) is 0 Å². The van der Waals surface area contributed by atoms with Crippen LogP contribution >= 0.6 is 23.4 Å². The van der Waals surface area contributed by atoms with Crippen LogP contribution in [0, 0.1) is 13.8 Å². The summed E-state index contributed by atoms with van der Waals surface area (Å²) in [6.45, 7) is 4.19. The first kappa shape index (κ1) is 14.5. The molecule has 0 aromatic heterocycles. The van der Waals surface area contributed by atoms with Crippen LogP contribution in [0.5, 0.6) is 0 Å². The lowest BCUT2D eigenvalue weighted by atomic mass is 9.99. The molecule has 1 heterocycles. The normalized spacial score (nSPS) is 17.9. The van der Waals surface area contributed by atoms with Crippen LogP contribution in [0.4, 0.5) is 5.69 Å². The van der Waals surface area contributed by atoms with Crippen LogP contribution in [0.15, 0.2) is 36.4 Å². The molecule has 0 fully saturated rings. The molecule has 0 saturated carbocycles. The van der Waals surface area contributed by atoms with Gasteiger partial charge in [-0.2, -0.15) is 0 Å². The average molecular weight is 318 g/mol. The number of fused-ring (bicyclic) bond motifs is 1. The van der Waals surface area contributed by atoms with Gasteiger partial charge in [-0.1, -0.05) is 40.9 Å². The molecule has 1 atom stereocenters. The van der Waals surface area contributed by atoms with Gasteiger partial charge in [0.2, 0.25) is 5.91 Å². The number of hydrogen-bond donors (Lipinski definition) is 1. The van der Waals surface area contributed by atoms with Gasteiger partial charge in [-0.15, -0.1) is 11.8 Å². The first-order valence-corrected chi connectivity index (χ1v) is 8.25. The van der Waals surface area contributed by atoms with Crippen LogP contribution in [-0.2, 0) is 4.79 Å². The Morgan fingerprint density at radius 2 is 1.86 bits per heavy atom. The van der Waals surface area contributed by atoms with E-state index in [1.165, 1.54) is 16.7 Å². The second kappa shape index (κ2) is 5.74. The third-order valence-electron chi connectivity index (χ3n) is 3.50. The molecule has 3 rings (SSSR count). The number of anilines is 1. The largest absolute Gasteiger partial charge is 0.325 e. The molecule has 0 radical (unpaired) electrons. The maximum absolute atomic E-state index is 11.9. The second-order valence-corrected chi connectivity index (χ2v) is 6.92. The zero-order valence-electron chi connectivity index (χ0n) is 11.9. The maximum atomic E-state index is 11.9. The molecule has 2 nitrogen and oxygen atoms in total. The number of hydrogen-bond acceptors (Lipinski definition) is 2. The van der Waals surface area contributed by atoms with Crippen LogP contribution in [0.25, 0.3) is 0 Å². The molecule has 0 spiro atoms. The number of halogens is 1. The molecule has 1 N–H and O–H groups in total. The Hall–Kier alpha value is -1.45. The Bertz CT molecular complexity index is 694. The van der Waals surface area contributed by atoms with Crippen molar-refractivity contribution in [2.75, 3.05) is 11.1 Å². The zero-order chi connectivity index (χ0) is 15.0. The van der Waals surface area contributed by atoms with Gasteiger partial charge in [0, 0.05) is 10.7 Å². The number of benzene rings is 2. The standard InChI is InChI=1S/C17H16ClNOS/c1-10-5-11(2)7-12(6-10)17-14-8-13(18)3-4-15(14)19-16(20)9-21-17/h3-8,17H,9H2,1-2H3,(H,19,20). The third kappa shape index (κ3) is 3.09. The lowest BCUT2D eigenvalue weighted by molar-refractivity contribution is -0.113. The lowest BCUT2D eigenvalue weighted by Crippen LogP contribution is -2.12. The van der Waals surface area contributed by atoms with Crippen molar-refractivity contribution >= 4 is 35.0 Å². The van der Waals surface area contributed by atoms with Crippen LogP contribution in [0.3, 0.4) is 0 Å². The predicted octanol–water partition coefficient (Wildman–Crippen LogP) is 4.73. The minimum atomic E-state index is 0.0375. The van der Waals surface area contributed by atoms with Gasteiger partial charge in [0.25, 0.3) is 0 Å². The molecule has 0 aliphatic carbocycles. The molecule has 108 valence electrons. The third-order valence-corrected chi connectivity index (χ3v) is 5.02. The Labute approximate surface area is 133 Å². The molecule has 1 amide bonds. The number of rotatable bonds is 1. The van der Waals surface area contributed by atoms with E-state index < -0.39 is 0 Å². The van der Waals surface area contributed by atoms with Gasteiger partial charge in [-0.3, -0.25) is 4.79 Å². The van der Waals surface area contributed by atoms with Gasteiger partial charge in [-0.25, -0.2) is 0 Å². The van der Waals surface area contributed by atoms with E-state index in [1.54, 1.807) is 11.8 Å². The van der Waals surface area contributed by atoms with E-state index in [0.29, 0.717) is 10.8 Å². The minimum Gasteiger partial charge on any atom is -0.325 e. The molecular formula is C17H16ClNOS. The zero-order valence-corrected chi connectivity index (χ0v) is 13.5. The Balaban J connectivity index is 2.14. The average Bonchev–Trinajstić information content (AvgIpc) is 2.56. The summed E-state index contributed by atoms with van der Waals surface area (Å²) in [4.78, 5) is 11.9. The van der Waals surface area contributed by atoms with Crippen molar-refractivity contribution in [3.63, 3.8) is 0 Å². The molecular weight excluding hydrogens is 302 g/mol. The van der Waals surface area contributed by atoms with Crippen LogP contribution in [0.1, 0.15) is 27.5 Å². The molecule has 2 aromatic rings. The SMILES string of the molecule is Cc1cc(C)cc(C2SCC(=O)Nc3ccc(Cl)cc32)c1. The first-order chi connectivity index (χ1) is 10.0. The quantitative estimate of drug-likeness (QED) is 0.823. The fraction of sp³-hybridized carbons (Fsp3) is 0.235. The van der Waals surface area contributed by atoms with Gasteiger partial charge in [0.05, 0.1) is 11.0 Å². The van der Waals surface area contributed by atoms with Crippen LogP contribution in [0.2, 0.25) is 5.02 Å². The molecule has 1 unspecified atom stereocenters. The fourth-order valence-corrected chi connectivity index (χ4v) is 4.01. The number of thioether (sulfide) groups is 1. The van der Waals surface area contributed by atoms with E-state index >= 15 is 0 Å². The highest BCUT2D eigenvalue weighted by atomic mass is 35.5. The van der Waals surface area contributed by atoms with Crippen molar-refractivity contribution in [1.82, 2.24) is 0 Å². The smallest absolute Gasteiger partial charge is 0.234 e. The summed E-state index contributed by atoms with van der Waals surface area (Å²) in [5, 5.41) is 3.78. The monoisotopic (exact) mass is 317 g/mol. The summed E-state index contributed by atoms with van der Waals surface area (Å²) in [7, 11) is 0. The van der Waals surface area contributed by atoms with E-state index in [2.05, 4.69) is 37.4 Å². The van der Waals surface area contributed by atoms with E-state index in [-0.39, 0.29) is 11.2 Å². The molecule has 2 aromatic carbocycles. The highest BCUT2D eigenvalue weighted by Crippen LogP contribution is 2.42. The summed E-state index contributed by atoms with van der Waals surface area (Å²) in [6.07, 6.45) is 0. The highest BCUT2D eigenvalue weighted by molar-refractivity contribution is 8.00. The summed E-state index contributed by atoms with van der Waals surface area (Å²) in [6, 6.07) is 12.2. The molecule has 0 bridgehead atoms.